The molecule has 0 fully saturated rings. The molecule has 0 saturated heterocycles. The molecular formula is C14H15N3O3. The lowest BCUT2D eigenvalue weighted by atomic mass is 10.1. The Balaban J connectivity index is 2.20. The van der Waals surface area contributed by atoms with E-state index < -0.39 is 4.92 Å². The third-order valence-electron chi connectivity index (χ3n) is 2.96. The topological polar surface area (TPSA) is 88.3 Å². The van der Waals surface area contributed by atoms with Crippen LogP contribution in [0.5, 0.6) is 0 Å². The fourth-order valence-electron chi connectivity index (χ4n) is 1.93. The van der Waals surface area contributed by atoms with Gasteiger partial charge in [-0.2, -0.15) is 0 Å². The molecule has 0 unspecified atom stereocenters. The molecule has 2 aromatic rings. The van der Waals surface area contributed by atoms with E-state index >= 15 is 0 Å². The van der Waals surface area contributed by atoms with E-state index in [0.29, 0.717) is 11.5 Å². The highest BCUT2D eigenvalue weighted by atomic mass is 16.6. The van der Waals surface area contributed by atoms with Gasteiger partial charge in [0.1, 0.15) is 11.5 Å². The summed E-state index contributed by atoms with van der Waals surface area (Å²) in [6, 6.07) is 12.1. The van der Waals surface area contributed by atoms with Crippen LogP contribution in [0.3, 0.4) is 0 Å². The first-order valence-electron chi connectivity index (χ1n) is 6.16. The maximum absolute atomic E-state index is 10.7. The van der Waals surface area contributed by atoms with Crippen molar-refractivity contribution in [1.29, 1.82) is 0 Å². The zero-order valence-electron chi connectivity index (χ0n) is 11.0. The van der Waals surface area contributed by atoms with Gasteiger partial charge in [-0.3, -0.25) is 10.1 Å². The molecule has 6 nitrogen and oxygen atoms in total. The molecule has 2 rings (SSSR count). The molecule has 0 aliphatic rings. The molecule has 2 N–H and O–H groups in total. The van der Waals surface area contributed by atoms with Crippen molar-refractivity contribution in [3.63, 3.8) is 0 Å². The number of aryl methyl sites for hydroxylation is 1. The number of pyridine rings is 1. The van der Waals surface area contributed by atoms with Crippen LogP contribution in [-0.2, 0) is 0 Å². The van der Waals surface area contributed by atoms with Gasteiger partial charge < -0.3 is 10.4 Å². The maximum atomic E-state index is 10.7. The summed E-state index contributed by atoms with van der Waals surface area (Å²) in [4.78, 5) is 14.4. The molecule has 0 saturated carbocycles. The average molecular weight is 273 g/mol. The van der Waals surface area contributed by atoms with E-state index in [-0.39, 0.29) is 18.3 Å². The van der Waals surface area contributed by atoms with Crippen molar-refractivity contribution in [2.45, 2.75) is 13.0 Å². The third-order valence-corrected chi connectivity index (χ3v) is 2.96. The van der Waals surface area contributed by atoms with Gasteiger partial charge in [-0.15, -0.1) is 0 Å². The minimum absolute atomic E-state index is 0.0178. The van der Waals surface area contributed by atoms with Crippen molar-refractivity contribution in [2.24, 2.45) is 0 Å². The SMILES string of the molecule is Cc1nc(N[C@@H](CO)c2ccccc2)ccc1[N+](=O)[O-]. The Morgan fingerprint density at radius 1 is 1.30 bits per heavy atom. The molecule has 6 heteroatoms. The summed E-state index contributed by atoms with van der Waals surface area (Å²) in [5.74, 6) is 0.496. The van der Waals surface area contributed by atoms with Crippen molar-refractivity contribution in [3.8, 4) is 0 Å². The number of aliphatic hydroxyl groups excluding tert-OH is 1. The lowest BCUT2D eigenvalue weighted by molar-refractivity contribution is -0.385. The Morgan fingerprint density at radius 2 is 2.00 bits per heavy atom. The second kappa shape index (κ2) is 6.12. The Bertz CT molecular complexity index is 602. The van der Waals surface area contributed by atoms with Gasteiger partial charge in [-0.05, 0) is 18.6 Å². The Kier molecular flexibility index (Phi) is 4.27. The van der Waals surface area contributed by atoms with Crippen LogP contribution in [0.1, 0.15) is 17.3 Å². The number of nitrogens with one attached hydrogen (secondary N) is 1. The largest absolute Gasteiger partial charge is 0.394 e. The zero-order valence-corrected chi connectivity index (χ0v) is 11.0. The number of anilines is 1. The number of nitro groups is 1. The molecule has 1 heterocycles. The molecule has 0 bridgehead atoms. The summed E-state index contributed by atoms with van der Waals surface area (Å²) in [6.45, 7) is 1.49. The maximum Gasteiger partial charge on any atom is 0.290 e. The summed E-state index contributed by atoms with van der Waals surface area (Å²) in [5, 5.41) is 23.3. The van der Waals surface area contributed by atoms with Crippen LogP contribution in [0.2, 0.25) is 0 Å². The van der Waals surface area contributed by atoms with Crippen molar-refractivity contribution < 1.29 is 10.0 Å². The molecule has 104 valence electrons. The molecule has 0 aliphatic heterocycles. The molecule has 0 radical (unpaired) electrons. The van der Waals surface area contributed by atoms with Crippen LogP contribution >= 0.6 is 0 Å². The summed E-state index contributed by atoms with van der Waals surface area (Å²) in [5.41, 5.74) is 1.24. The van der Waals surface area contributed by atoms with Crippen molar-refractivity contribution in [2.75, 3.05) is 11.9 Å². The zero-order chi connectivity index (χ0) is 14.5. The molecule has 20 heavy (non-hydrogen) atoms. The van der Waals surface area contributed by atoms with Gasteiger partial charge >= 0.3 is 0 Å². The minimum atomic E-state index is -0.465. The van der Waals surface area contributed by atoms with Gasteiger partial charge in [0.25, 0.3) is 5.69 Å². The summed E-state index contributed by atoms with van der Waals surface area (Å²) in [6.07, 6.45) is 0. The molecule has 0 aliphatic carbocycles. The Morgan fingerprint density at radius 3 is 2.55 bits per heavy atom. The van der Waals surface area contributed by atoms with Crippen molar-refractivity contribution >= 4 is 11.5 Å². The predicted octanol–water partition coefficient (Wildman–Crippen LogP) is 2.44. The lowest BCUT2D eigenvalue weighted by Crippen LogP contribution is -2.15. The van der Waals surface area contributed by atoms with Crippen LogP contribution in [0.4, 0.5) is 11.5 Å². The number of benzene rings is 1. The first-order valence-corrected chi connectivity index (χ1v) is 6.16. The number of rotatable bonds is 5. The standard InChI is InChI=1S/C14H15N3O3/c1-10-13(17(19)20)7-8-14(15-10)16-12(9-18)11-5-3-2-4-6-11/h2-8,12,18H,9H2,1H3,(H,15,16)/t12-/m0/s1. The van der Waals surface area contributed by atoms with Gasteiger partial charge in [0.2, 0.25) is 0 Å². The second-order valence-corrected chi connectivity index (χ2v) is 4.35. The number of aromatic nitrogens is 1. The highest BCUT2D eigenvalue weighted by Gasteiger charge is 2.14. The quantitative estimate of drug-likeness (QED) is 0.645. The van der Waals surface area contributed by atoms with E-state index in [2.05, 4.69) is 10.3 Å². The van der Waals surface area contributed by atoms with Crippen LogP contribution in [0.15, 0.2) is 42.5 Å². The number of nitrogens with zero attached hydrogens (tertiary/aromatic N) is 2. The van der Waals surface area contributed by atoms with Gasteiger partial charge in [0, 0.05) is 6.07 Å². The summed E-state index contributed by atoms with van der Waals surface area (Å²) < 4.78 is 0. The van der Waals surface area contributed by atoms with E-state index in [1.807, 2.05) is 30.3 Å². The number of hydrogen-bond acceptors (Lipinski definition) is 5. The minimum Gasteiger partial charge on any atom is -0.394 e. The smallest absolute Gasteiger partial charge is 0.290 e. The fraction of sp³-hybridized carbons (Fsp3) is 0.214. The molecule has 1 aromatic heterocycles. The van der Waals surface area contributed by atoms with Crippen LogP contribution in [-0.4, -0.2) is 21.6 Å². The second-order valence-electron chi connectivity index (χ2n) is 4.35. The lowest BCUT2D eigenvalue weighted by Gasteiger charge is -2.17. The highest BCUT2D eigenvalue weighted by Crippen LogP contribution is 2.21. The van der Waals surface area contributed by atoms with Crippen LogP contribution in [0.25, 0.3) is 0 Å². The Labute approximate surface area is 116 Å². The van der Waals surface area contributed by atoms with E-state index in [4.69, 9.17) is 0 Å². The molecule has 0 spiro atoms. The fourth-order valence-corrected chi connectivity index (χ4v) is 1.93. The Hall–Kier alpha value is -2.47. The molecule has 0 amide bonds. The molecule has 1 aromatic carbocycles. The molecule has 1 atom stereocenters. The summed E-state index contributed by atoms with van der Waals surface area (Å²) >= 11 is 0. The predicted molar refractivity (Wildman–Crippen MR) is 75.5 cm³/mol. The first kappa shape index (κ1) is 14.0. The van der Waals surface area contributed by atoms with E-state index in [9.17, 15) is 15.2 Å². The van der Waals surface area contributed by atoms with Crippen molar-refractivity contribution in [3.05, 3.63) is 63.8 Å². The number of aliphatic hydroxyl groups is 1. The number of hydrogen-bond donors (Lipinski definition) is 2. The normalized spacial score (nSPS) is 11.9. The van der Waals surface area contributed by atoms with E-state index in [1.165, 1.54) is 12.1 Å². The molecular weight excluding hydrogens is 258 g/mol. The van der Waals surface area contributed by atoms with Gasteiger partial charge in [0.05, 0.1) is 17.6 Å². The summed E-state index contributed by atoms with van der Waals surface area (Å²) in [7, 11) is 0. The first-order chi connectivity index (χ1) is 9.61. The van der Waals surface area contributed by atoms with Crippen molar-refractivity contribution in [1.82, 2.24) is 4.98 Å². The van der Waals surface area contributed by atoms with Crippen LogP contribution < -0.4 is 5.32 Å². The van der Waals surface area contributed by atoms with E-state index in [0.717, 1.165) is 5.56 Å². The average Bonchev–Trinajstić information content (AvgIpc) is 2.45. The van der Waals surface area contributed by atoms with Gasteiger partial charge in [-0.25, -0.2) is 4.98 Å². The van der Waals surface area contributed by atoms with E-state index in [1.54, 1.807) is 6.92 Å². The van der Waals surface area contributed by atoms with Gasteiger partial charge in [0.15, 0.2) is 0 Å². The monoisotopic (exact) mass is 273 g/mol. The van der Waals surface area contributed by atoms with Crippen LogP contribution in [0, 0.1) is 17.0 Å². The van der Waals surface area contributed by atoms with Gasteiger partial charge in [-0.1, -0.05) is 30.3 Å². The highest BCUT2D eigenvalue weighted by molar-refractivity contribution is 5.46. The third kappa shape index (κ3) is 3.10.